The summed E-state index contributed by atoms with van der Waals surface area (Å²) in [5.74, 6) is 3.62. The highest BCUT2D eigenvalue weighted by Crippen LogP contribution is 2.52. The monoisotopic (exact) mass is 673 g/mol. The molecular weight excluding hydrogens is 645 g/mol. The molecular formula is C35H29N8O3S2+. The number of hydrogen-bond donors (Lipinski definition) is 1. The van der Waals surface area contributed by atoms with Crippen LogP contribution in [0, 0.1) is 0 Å². The Morgan fingerprint density at radius 3 is 2.67 bits per heavy atom. The molecule has 48 heavy (non-hydrogen) atoms. The summed E-state index contributed by atoms with van der Waals surface area (Å²) in [6.45, 7) is 2.14. The van der Waals surface area contributed by atoms with Crippen LogP contribution in [-0.4, -0.2) is 41.2 Å². The van der Waals surface area contributed by atoms with Crippen molar-refractivity contribution in [1.82, 2.24) is 35.1 Å². The molecule has 2 atom stereocenters. The molecule has 2 saturated carbocycles. The van der Waals surface area contributed by atoms with Crippen molar-refractivity contribution in [1.29, 1.82) is 0 Å². The Morgan fingerprint density at radius 1 is 0.958 bits per heavy atom. The number of H-pyrrole nitrogens is 1. The number of nitrogens with zero attached hydrogens (tertiary/aromatic N) is 7. The highest BCUT2D eigenvalue weighted by Gasteiger charge is 2.56. The van der Waals surface area contributed by atoms with Gasteiger partial charge in [0.1, 0.15) is 17.2 Å². The van der Waals surface area contributed by atoms with Crippen LogP contribution in [0.3, 0.4) is 0 Å². The van der Waals surface area contributed by atoms with Gasteiger partial charge in [-0.25, -0.2) is 15.0 Å². The first-order valence-corrected chi connectivity index (χ1v) is 17.9. The Morgan fingerprint density at radius 2 is 1.85 bits per heavy atom. The molecule has 11 nitrogen and oxygen atoms in total. The van der Waals surface area contributed by atoms with Gasteiger partial charge in [0.25, 0.3) is 5.88 Å². The molecule has 2 aromatic carbocycles. The summed E-state index contributed by atoms with van der Waals surface area (Å²) >= 11 is 3.35. The molecule has 7 aromatic rings. The minimum Gasteiger partial charge on any atom is -0.470 e. The zero-order valence-corrected chi connectivity index (χ0v) is 27.6. The number of benzene rings is 2. The van der Waals surface area contributed by atoms with Crippen LogP contribution >= 0.6 is 23.1 Å². The lowest BCUT2D eigenvalue weighted by atomic mass is 9.67. The minimum absolute atomic E-state index is 0.0976. The molecule has 0 spiro atoms. The lowest BCUT2D eigenvalue weighted by Crippen LogP contribution is -2.51. The summed E-state index contributed by atoms with van der Waals surface area (Å²) in [5.41, 5.74) is 6.19. The van der Waals surface area contributed by atoms with Gasteiger partial charge in [-0.2, -0.15) is 4.98 Å². The zero-order valence-electron chi connectivity index (χ0n) is 25.9. The summed E-state index contributed by atoms with van der Waals surface area (Å²) in [4.78, 5) is 28.7. The largest absolute Gasteiger partial charge is 0.470 e. The van der Waals surface area contributed by atoms with Gasteiger partial charge < -0.3 is 14.2 Å². The Bertz CT molecular complexity index is 2310. The highest BCUT2D eigenvalue weighted by atomic mass is 32.2. The van der Waals surface area contributed by atoms with E-state index in [0.29, 0.717) is 40.6 Å². The van der Waals surface area contributed by atoms with Crippen molar-refractivity contribution < 1.29 is 18.5 Å². The molecule has 2 fully saturated rings. The molecule has 2 aliphatic carbocycles. The van der Waals surface area contributed by atoms with Gasteiger partial charge >= 0.3 is 11.7 Å². The number of thioether (sulfide) groups is 1. The molecule has 1 aliphatic heterocycles. The smallest absolute Gasteiger partial charge is 0.374 e. The number of imidazole rings is 1. The maximum atomic E-state index is 6.59. The fourth-order valence-corrected chi connectivity index (χ4v) is 9.02. The maximum absolute atomic E-state index is 6.59. The van der Waals surface area contributed by atoms with E-state index in [1.165, 1.54) is 16.2 Å². The Kier molecular flexibility index (Phi) is 6.20. The van der Waals surface area contributed by atoms with E-state index in [4.69, 9.17) is 33.7 Å². The molecule has 0 amide bonds. The number of aromatic nitrogens is 8. The molecule has 3 aliphatic rings. The first-order chi connectivity index (χ1) is 23.5. The number of ether oxygens (including phenoxy) is 1. The third-order valence-corrected chi connectivity index (χ3v) is 12.0. The molecule has 238 valence electrons. The molecule has 0 radical (unpaired) electrons. The molecule has 2 unspecified atom stereocenters. The second-order valence-electron chi connectivity index (χ2n) is 13.0. The Labute approximate surface area is 282 Å². The van der Waals surface area contributed by atoms with Crippen LogP contribution in [-0.2, 0) is 10.2 Å². The van der Waals surface area contributed by atoms with Gasteiger partial charge in [-0.15, -0.1) is 23.1 Å². The predicted molar refractivity (Wildman–Crippen MR) is 179 cm³/mol. The summed E-state index contributed by atoms with van der Waals surface area (Å²) in [7, 11) is 0. The summed E-state index contributed by atoms with van der Waals surface area (Å²) in [6, 6.07) is 18.4. The van der Waals surface area contributed by atoms with Crippen molar-refractivity contribution >= 4 is 34.1 Å². The number of nitrogens with one attached hydrogen (secondary N) is 1. The van der Waals surface area contributed by atoms with Crippen LogP contribution < -0.4 is 9.48 Å². The number of thiazole rings is 1. The third-order valence-electron chi connectivity index (χ3n) is 9.96. The SMILES string of the molecule is CC12CCC1Oc1ncc(-c3noc(C4(Sc5ccccc5)CCCC4)n3)cc1-[n+]1oc2nc1-c1ccc2nc(-c3cscn3)[nH]c2c1. The van der Waals surface area contributed by atoms with E-state index in [1.54, 1.807) is 16.4 Å². The lowest BCUT2D eigenvalue weighted by molar-refractivity contribution is -0.778. The molecule has 5 aromatic heterocycles. The van der Waals surface area contributed by atoms with Gasteiger partial charge in [0.15, 0.2) is 5.82 Å². The number of fused-ring (bicyclic) bond motifs is 7. The van der Waals surface area contributed by atoms with Crippen molar-refractivity contribution in [3.8, 4) is 45.9 Å². The summed E-state index contributed by atoms with van der Waals surface area (Å²) in [6.07, 6.45) is 7.68. The summed E-state index contributed by atoms with van der Waals surface area (Å²) in [5, 5.41) is 6.44. The first kappa shape index (κ1) is 28.2. The van der Waals surface area contributed by atoms with Gasteiger partial charge in [0, 0.05) is 33.1 Å². The van der Waals surface area contributed by atoms with Gasteiger partial charge in [-0.3, -0.25) is 4.52 Å². The van der Waals surface area contributed by atoms with Crippen LogP contribution in [0.2, 0.25) is 0 Å². The van der Waals surface area contributed by atoms with Crippen molar-refractivity contribution in [2.24, 2.45) is 0 Å². The highest BCUT2D eigenvalue weighted by molar-refractivity contribution is 8.00. The van der Waals surface area contributed by atoms with Crippen molar-refractivity contribution in [3.05, 3.63) is 83.5 Å². The fourth-order valence-electron chi connectivity index (χ4n) is 7.08. The zero-order chi connectivity index (χ0) is 31.9. The average molecular weight is 674 g/mol. The quantitative estimate of drug-likeness (QED) is 0.178. The number of hydrogen-bond acceptors (Lipinski definition) is 11. The van der Waals surface area contributed by atoms with Crippen LogP contribution in [0.25, 0.3) is 51.0 Å². The van der Waals surface area contributed by atoms with E-state index in [0.717, 1.165) is 66.6 Å². The second-order valence-corrected chi connectivity index (χ2v) is 15.1. The second kappa shape index (κ2) is 10.6. The van der Waals surface area contributed by atoms with Gasteiger partial charge in [-0.05, 0) is 67.7 Å². The van der Waals surface area contributed by atoms with Crippen LogP contribution in [0.5, 0.6) is 5.88 Å². The normalized spacial score (nSPS) is 20.8. The average Bonchev–Trinajstić information content (AvgIpc) is 3.95. The van der Waals surface area contributed by atoms with Crippen LogP contribution in [0.4, 0.5) is 0 Å². The number of pyridine rings is 1. The molecule has 0 saturated heterocycles. The molecule has 10 rings (SSSR count). The van der Waals surface area contributed by atoms with Gasteiger partial charge in [0.05, 0.1) is 26.9 Å². The van der Waals surface area contributed by atoms with E-state index in [9.17, 15) is 0 Å². The number of rotatable bonds is 6. The molecule has 2 bridgehead atoms. The van der Waals surface area contributed by atoms with E-state index < -0.39 is 0 Å². The minimum atomic E-state index is -0.359. The van der Waals surface area contributed by atoms with E-state index in [2.05, 4.69) is 46.3 Å². The van der Waals surface area contributed by atoms with Crippen molar-refractivity contribution in [3.63, 3.8) is 0 Å². The standard InChI is InChI=1S/C35H28N8O3S2/c1-34-14-11-27(34)44-31-26(43-30(41-32(34)46-43)20-9-10-23-24(15-20)39-29(38-23)25-18-47-19-37-25)16-21(17-36-31)28-40-33(45-42-28)35(12-5-6-13-35)48-22-7-3-2-4-8-22/h2-4,7-10,15-19,27H,5-6,11-14H2,1H3/p+1. The lowest BCUT2D eigenvalue weighted by Gasteiger charge is -2.41. The summed E-state index contributed by atoms with van der Waals surface area (Å²) < 4.78 is 20.6. The maximum Gasteiger partial charge on any atom is 0.374 e. The van der Waals surface area contributed by atoms with E-state index in [-0.39, 0.29) is 16.3 Å². The van der Waals surface area contributed by atoms with Gasteiger partial charge in [-0.1, -0.05) is 36.2 Å². The molecule has 13 heteroatoms. The van der Waals surface area contributed by atoms with Crippen LogP contribution in [0.15, 0.2) is 85.6 Å². The fraction of sp³-hybridized carbons (Fsp3) is 0.286. The Balaban J connectivity index is 1.06. The Hall–Kier alpha value is -4.88. The van der Waals surface area contributed by atoms with Crippen molar-refractivity contribution in [2.45, 2.75) is 66.6 Å². The van der Waals surface area contributed by atoms with Crippen LogP contribution in [0.1, 0.15) is 57.2 Å². The predicted octanol–water partition coefficient (Wildman–Crippen LogP) is 7.44. The van der Waals surface area contributed by atoms with Crippen molar-refractivity contribution in [2.75, 3.05) is 0 Å². The number of aromatic amines is 1. The first-order valence-electron chi connectivity index (χ1n) is 16.1. The third kappa shape index (κ3) is 4.37. The molecule has 6 heterocycles. The van der Waals surface area contributed by atoms with E-state index >= 15 is 0 Å². The topological polar surface area (TPSA) is 133 Å². The molecule has 1 N–H and O–H groups in total. The van der Waals surface area contributed by atoms with E-state index in [1.807, 2.05) is 47.5 Å². The van der Waals surface area contributed by atoms with Gasteiger partial charge in [0.2, 0.25) is 17.4 Å².